The Kier molecular flexibility index (Phi) is 5.49. The van der Waals surface area contributed by atoms with Crippen LogP contribution >= 0.6 is 0 Å². The van der Waals surface area contributed by atoms with E-state index in [9.17, 15) is 14.7 Å². The predicted octanol–water partition coefficient (Wildman–Crippen LogP) is -2.76. The number of ether oxygens (including phenoxy) is 2. The molecule has 96 valence electrons. The highest BCUT2D eigenvalue weighted by Gasteiger charge is 2.45. The topological polar surface area (TPSA) is 117 Å². The molecule has 0 aromatic carbocycles. The van der Waals surface area contributed by atoms with E-state index < -0.39 is 37.3 Å². The summed E-state index contributed by atoms with van der Waals surface area (Å²) >= 11 is 0. The van der Waals surface area contributed by atoms with Gasteiger partial charge in [-0.05, 0) is 0 Å². The fourth-order valence-electron chi connectivity index (χ4n) is 1.52. The average Bonchev–Trinajstić information content (AvgIpc) is 2.30. The second-order valence-electron chi connectivity index (χ2n) is 3.50. The third-order valence-electron chi connectivity index (χ3n) is 2.41. The van der Waals surface area contributed by atoms with Crippen molar-refractivity contribution in [3.8, 4) is 0 Å². The minimum atomic E-state index is -1.43. The lowest BCUT2D eigenvalue weighted by Crippen LogP contribution is -2.62. The van der Waals surface area contributed by atoms with E-state index in [1.165, 1.54) is 5.54 Å². The van der Waals surface area contributed by atoms with Crippen molar-refractivity contribution in [2.45, 2.75) is 30.6 Å². The summed E-state index contributed by atoms with van der Waals surface area (Å²) in [7, 11) is 0. The molecular formula is C8H17FN2O5. The van der Waals surface area contributed by atoms with E-state index >= 15 is 0 Å². The van der Waals surface area contributed by atoms with Crippen LogP contribution in [0.5, 0.6) is 0 Å². The first-order valence-corrected chi connectivity index (χ1v) is 4.96. The van der Waals surface area contributed by atoms with Crippen LogP contribution in [0, 0.1) is 0 Å². The van der Waals surface area contributed by atoms with E-state index in [0.29, 0.717) is 0 Å². The molecule has 0 spiro atoms. The van der Waals surface area contributed by atoms with E-state index in [0.717, 1.165) is 0 Å². The minimum absolute atomic E-state index is 0.115. The second-order valence-corrected chi connectivity index (χ2v) is 3.50. The van der Waals surface area contributed by atoms with Crippen molar-refractivity contribution in [3.63, 3.8) is 0 Å². The summed E-state index contributed by atoms with van der Waals surface area (Å²) in [6.07, 6.45) is -4.93. The quantitative estimate of drug-likeness (QED) is 0.330. The SMILES string of the molecule is NCCOC1OC(CO)[C@H](O)[C@H](O)C1NF. The molecule has 1 heterocycles. The standard InChI is InChI=1S/C8H17FN2O5/c9-11-5-7(14)6(13)4(3-12)16-8(5)15-2-1-10/h4-8,11-14H,1-3,10H2/t4?,5?,6-,7+,8?/m0/s1. The molecule has 8 heteroatoms. The van der Waals surface area contributed by atoms with Crippen LogP contribution < -0.4 is 11.3 Å². The molecule has 0 aromatic heterocycles. The summed E-state index contributed by atoms with van der Waals surface area (Å²) in [5, 5.41) is 27.9. The predicted molar refractivity (Wildman–Crippen MR) is 50.8 cm³/mol. The van der Waals surface area contributed by atoms with Gasteiger partial charge in [-0.15, -0.1) is 10.0 Å². The Balaban J connectivity index is 2.65. The first-order valence-electron chi connectivity index (χ1n) is 4.96. The van der Waals surface area contributed by atoms with Gasteiger partial charge in [-0.25, -0.2) is 0 Å². The summed E-state index contributed by atoms with van der Waals surface area (Å²) in [5.41, 5.74) is 6.51. The summed E-state index contributed by atoms with van der Waals surface area (Å²) in [5.74, 6) is 0. The van der Waals surface area contributed by atoms with Gasteiger partial charge in [0.25, 0.3) is 0 Å². The van der Waals surface area contributed by atoms with E-state index in [-0.39, 0.29) is 13.2 Å². The van der Waals surface area contributed by atoms with Crippen LogP contribution in [0.2, 0.25) is 0 Å². The molecule has 0 aliphatic carbocycles. The molecule has 1 fully saturated rings. The zero-order chi connectivity index (χ0) is 12.1. The lowest BCUT2D eigenvalue weighted by atomic mass is 9.98. The maximum Gasteiger partial charge on any atom is 0.178 e. The van der Waals surface area contributed by atoms with Crippen LogP contribution in [0.3, 0.4) is 0 Å². The van der Waals surface area contributed by atoms with E-state index in [1.54, 1.807) is 0 Å². The third-order valence-corrected chi connectivity index (χ3v) is 2.41. The molecule has 1 saturated heterocycles. The van der Waals surface area contributed by atoms with Crippen molar-refractivity contribution in [2.24, 2.45) is 5.73 Å². The highest BCUT2D eigenvalue weighted by Crippen LogP contribution is 2.21. The molecule has 3 unspecified atom stereocenters. The maximum atomic E-state index is 12.4. The molecule has 0 amide bonds. The highest BCUT2D eigenvalue weighted by molar-refractivity contribution is 4.91. The Morgan fingerprint density at radius 2 is 2.06 bits per heavy atom. The molecule has 1 aliphatic rings. The van der Waals surface area contributed by atoms with Crippen LogP contribution in [0.15, 0.2) is 0 Å². The Morgan fingerprint density at radius 3 is 2.56 bits per heavy atom. The van der Waals surface area contributed by atoms with Gasteiger partial charge in [0.1, 0.15) is 24.4 Å². The van der Waals surface area contributed by atoms with Crippen molar-refractivity contribution in [2.75, 3.05) is 19.8 Å². The summed E-state index contributed by atoms with van der Waals surface area (Å²) in [6, 6.07) is -1.22. The van der Waals surface area contributed by atoms with E-state index in [2.05, 4.69) is 0 Å². The van der Waals surface area contributed by atoms with Crippen LogP contribution in [0.1, 0.15) is 0 Å². The monoisotopic (exact) mass is 240 g/mol. The smallest absolute Gasteiger partial charge is 0.178 e. The van der Waals surface area contributed by atoms with E-state index in [1.807, 2.05) is 0 Å². The minimum Gasteiger partial charge on any atom is -0.394 e. The van der Waals surface area contributed by atoms with Gasteiger partial charge in [0.05, 0.1) is 13.2 Å². The molecule has 0 radical (unpaired) electrons. The van der Waals surface area contributed by atoms with E-state index in [4.69, 9.17) is 20.3 Å². The van der Waals surface area contributed by atoms with Gasteiger partial charge < -0.3 is 30.5 Å². The van der Waals surface area contributed by atoms with Gasteiger partial charge in [-0.2, -0.15) is 0 Å². The van der Waals surface area contributed by atoms with Crippen LogP contribution in [-0.2, 0) is 9.47 Å². The Bertz CT molecular complexity index is 211. The Hall–Kier alpha value is -0.350. The summed E-state index contributed by atoms with van der Waals surface area (Å²) < 4.78 is 22.6. The van der Waals surface area contributed by atoms with Gasteiger partial charge >= 0.3 is 0 Å². The van der Waals surface area contributed by atoms with Crippen molar-refractivity contribution < 1.29 is 29.3 Å². The fraction of sp³-hybridized carbons (Fsp3) is 1.00. The molecule has 1 aliphatic heterocycles. The van der Waals surface area contributed by atoms with Crippen LogP contribution in [0.25, 0.3) is 0 Å². The molecule has 0 aromatic rings. The van der Waals surface area contributed by atoms with Crippen LogP contribution in [0.4, 0.5) is 4.48 Å². The largest absolute Gasteiger partial charge is 0.394 e. The molecule has 1 rings (SSSR count). The lowest BCUT2D eigenvalue weighted by molar-refractivity contribution is -0.276. The molecule has 6 N–H and O–H groups in total. The zero-order valence-electron chi connectivity index (χ0n) is 8.62. The second kappa shape index (κ2) is 6.40. The van der Waals surface area contributed by atoms with Gasteiger partial charge in [-0.1, -0.05) is 0 Å². The number of aliphatic hydroxyl groups excluding tert-OH is 3. The average molecular weight is 240 g/mol. The van der Waals surface area contributed by atoms with Gasteiger partial charge in [0, 0.05) is 6.54 Å². The number of hydrogen-bond acceptors (Lipinski definition) is 7. The number of nitrogens with one attached hydrogen (secondary N) is 1. The fourth-order valence-corrected chi connectivity index (χ4v) is 1.52. The summed E-state index contributed by atoms with van der Waals surface area (Å²) in [4.78, 5) is 0. The van der Waals surface area contributed by atoms with Gasteiger partial charge in [0.2, 0.25) is 0 Å². The maximum absolute atomic E-state index is 12.4. The van der Waals surface area contributed by atoms with Crippen molar-refractivity contribution >= 4 is 0 Å². The molecular weight excluding hydrogens is 223 g/mol. The molecule has 0 saturated carbocycles. The molecule has 16 heavy (non-hydrogen) atoms. The molecule has 5 atom stereocenters. The van der Waals surface area contributed by atoms with Crippen molar-refractivity contribution in [3.05, 3.63) is 0 Å². The van der Waals surface area contributed by atoms with Crippen molar-refractivity contribution in [1.29, 1.82) is 0 Å². The first kappa shape index (κ1) is 13.7. The van der Waals surface area contributed by atoms with Crippen molar-refractivity contribution in [1.82, 2.24) is 5.54 Å². The Morgan fingerprint density at radius 1 is 1.38 bits per heavy atom. The number of rotatable bonds is 5. The summed E-state index contributed by atoms with van der Waals surface area (Å²) in [6.45, 7) is -0.176. The molecule has 7 nitrogen and oxygen atoms in total. The Labute approximate surface area is 91.9 Å². The number of nitrogens with two attached hydrogens (primary N) is 1. The number of halogens is 1. The third kappa shape index (κ3) is 2.86. The molecule has 0 bridgehead atoms. The number of aliphatic hydroxyl groups is 3. The first-order chi connectivity index (χ1) is 7.65. The zero-order valence-corrected chi connectivity index (χ0v) is 8.62. The lowest BCUT2D eigenvalue weighted by Gasteiger charge is -2.40. The highest BCUT2D eigenvalue weighted by atomic mass is 19.2. The number of hydrogen-bond donors (Lipinski definition) is 5. The van der Waals surface area contributed by atoms with Gasteiger partial charge in [-0.3, -0.25) is 0 Å². The normalized spacial score (nSPS) is 39.9. The van der Waals surface area contributed by atoms with Crippen LogP contribution in [-0.4, -0.2) is 65.7 Å². The van der Waals surface area contributed by atoms with Gasteiger partial charge in [0.15, 0.2) is 6.29 Å².